The number of rotatable bonds is 2. The number of carbonyl (C=O) groups excluding carboxylic acids is 2. The van der Waals surface area contributed by atoms with Crippen molar-refractivity contribution >= 4 is 57.7 Å². The van der Waals surface area contributed by atoms with Crippen molar-refractivity contribution in [3.05, 3.63) is 66.2 Å². The summed E-state index contributed by atoms with van der Waals surface area (Å²) in [5.74, 6) is -3.11. The molecule has 0 fully saturated rings. The van der Waals surface area contributed by atoms with Crippen LogP contribution in [0, 0.1) is 26.5 Å². The van der Waals surface area contributed by atoms with Crippen LogP contribution >= 0.6 is 45.8 Å². The van der Waals surface area contributed by atoms with E-state index in [0.717, 1.165) is 19.2 Å². The van der Waals surface area contributed by atoms with Gasteiger partial charge in [0.1, 0.15) is 28.8 Å². The second-order valence-corrected chi connectivity index (χ2v) is 6.68. The molecule has 0 aliphatic carbocycles. The summed E-state index contributed by atoms with van der Waals surface area (Å²) in [5, 5.41) is 8.95. The van der Waals surface area contributed by atoms with Gasteiger partial charge in [0, 0.05) is 13.6 Å². The molecule has 142 valence electrons. The van der Waals surface area contributed by atoms with Gasteiger partial charge in [0.2, 0.25) is 0 Å². The average molecular weight is 528 g/mol. The third kappa shape index (κ3) is 6.02. The summed E-state index contributed by atoms with van der Waals surface area (Å²) >= 11 is 12.9. The van der Waals surface area contributed by atoms with Crippen molar-refractivity contribution in [2.24, 2.45) is 0 Å². The van der Waals surface area contributed by atoms with Crippen LogP contribution in [-0.4, -0.2) is 26.2 Å². The lowest BCUT2D eigenvalue weighted by Gasteiger charge is -2.03. The normalized spacial score (nSPS) is 9.56. The van der Waals surface area contributed by atoms with E-state index in [9.17, 15) is 18.4 Å². The summed E-state index contributed by atoms with van der Waals surface area (Å²) in [6.07, 6.45) is 0. The van der Waals surface area contributed by atoms with Gasteiger partial charge in [0.05, 0.1) is 19.8 Å². The molecule has 5 nitrogen and oxygen atoms in total. The molecule has 0 amide bonds. The molecule has 27 heavy (non-hydrogen) atoms. The van der Waals surface area contributed by atoms with E-state index >= 15 is 0 Å². The zero-order valence-electron chi connectivity index (χ0n) is 13.8. The van der Waals surface area contributed by atoms with E-state index in [2.05, 4.69) is 9.47 Å². The van der Waals surface area contributed by atoms with E-state index in [1.807, 2.05) is 22.6 Å². The number of hydrogen-bond acceptors (Lipinski definition) is 5. The van der Waals surface area contributed by atoms with Crippen LogP contribution < -0.4 is 0 Å². The highest BCUT2D eigenvalue weighted by atomic mass is 127. The Bertz CT molecular complexity index is 909. The molecule has 0 heterocycles. The number of halogens is 5. The number of benzene rings is 2. The van der Waals surface area contributed by atoms with Gasteiger partial charge in [-0.15, -0.1) is 0 Å². The maximum absolute atomic E-state index is 13.2. The molecule has 0 spiro atoms. The van der Waals surface area contributed by atoms with Crippen molar-refractivity contribution in [1.29, 1.82) is 5.26 Å². The highest BCUT2D eigenvalue weighted by Gasteiger charge is 2.18. The fourth-order valence-electron chi connectivity index (χ4n) is 1.81. The first kappa shape index (κ1) is 23.1. The average Bonchev–Trinajstić information content (AvgIpc) is 2.59. The van der Waals surface area contributed by atoms with E-state index in [1.165, 1.54) is 19.2 Å². The van der Waals surface area contributed by atoms with Gasteiger partial charge >= 0.3 is 11.9 Å². The van der Waals surface area contributed by atoms with Crippen LogP contribution in [0.25, 0.3) is 0 Å². The molecule has 2 aromatic rings. The highest BCUT2D eigenvalue weighted by Crippen LogP contribution is 2.22. The van der Waals surface area contributed by atoms with Crippen LogP contribution in [0.1, 0.15) is 26.3 Å². The van der Waals surface area contributed by atoms with Gasteiger partial charge in [-0.2, -0.15) is 5.26 Å². The lowest BCUT2D eigenvalue weighted by Crippen LogP contribution is -2.07. The predicted octanol–water partition coefficient (Wildman–Crippen LogP) is 5.01. The third-order valence-electron chi connectivity index (χ3n) is 2.96. The van der Waals surface area contributed by atoms with Gasteiger partial charge < -0.3 is 9.47 Å². The van der Waals surface area contributed by atoms with E-state index in [4.69, 9.17) is 28.5 Å². The summed E-state index contributed by atoms with van der Waals surface area (Å²) in [5.41, 5.74) is -0.603. The Hall–Kier alpha value is -1.96. The fourth-order valence-corrected chi connectivity index (χ4v) is 3.22. The molecule has 10 heteroatoms. The van der Waals surface area contributed by atoms with Gasteiger partial charge in [0.15, 0.2) is 0 Å². The number of hydrogen-bond donors (Lipinski definition) is 0. The van der Waals surface area contributed by atoms with Gasteiger partial charge in [-0.1, -0.05) is 23.2 Å². The number of carbonyl (C=O) groups is 2. The first-order chi connectivity index (χ1) is 12.7. The van der Waals surface area contributed by atoms with Crippen LogP contribution in [0.15, 0.2) is 24.3 Å². The maximum atomic E-state index is 13.2. The lowest BCUT2D eigenvalue weighted by atomic mass is 10.1. The lowest BCUT2D eigenvalue weighted by molar-refractivity contribution is 0.0585. The summed E-state index contributed by atoms with van der Waals surface area (Å²) in [6, 6.07) is 6.40. The largest absolute Gasteiger partial charge is 0.465 e. The molecular weight excluding hydrogens is 518 g/mol. The molecule has 2 aromatic carbocycles. The van der Waals surface area contributed by atoms with E-state index in [0.29, 0.717) is 3.57 Å². The third-order valence-corrected chi connectivity index (χ3v) is 4.25. The Kier molecular flexibility index (Phi) is 8.88. The minimum absolute atomic E-state index is 0.0618. The van der Waals surface area contributed by atoms with Crippen LogP contribution in [0.3, 0.4) is 0 Å². The second-order valence-electron chi connectivity index (χ2n) is 4.65. The fraction of sp³-hybridized carbons (Fsp3) is 0.118. The monoisotopic (exact) mass is 527 g/mol. The number of nitriles is 1. The molecule has 0 bridgehead atoms. The van der Waals surface area contributed by atoms with Crippen LogP contribution in [-0.2, 0) is 9.47 Å². The summed E-state index contributed by atoms with van der Waals surface area (Å²) in [4.78, 5) is 22.1. The SMILES string of the molecule is COC(=O)c1c(F)cc(Cl)cc1C#N.COC(=O)c1c(F)cc(Cl)cc1I. The van der Waals surface area contributed by atoms with Gasteiger partial charge in [-0.25, -0.2) is 18.4 Å². The molecule has 0 radical (unpaired) electrons. The molecule has 0 aromatic heterocycles. The topological polar surface area (TPSA) is 76.4 Å². The van der Waals surface area contributed by atoms with Crippen molar-refractivity contribution in [1.82, 2.24) is 0 Å². The molecule has 0 saturated carbocycles. The first-order valence-electron chi connectivity index (χ1n) is 6.86. The molecule has 0 unspecified atom stereocenters. The van der Waals surface area contributed by atoms with Crippen molar-refractivity contribution in [2.45, 2.75) is 0 Å². The van der Waals surface area contributed by atoms with Gasteiger partial charge in [-0.3, -0.25) is 0 Å². The molecule has 2 rings (SSSR count). The Morgan fingerprint density at radius 3 is 1.85 bits per heavy atom. The number of nitrogens with zero attached hydrogens (tertiary/aromatic N) is 1. The quantitative estimate of drug-likeness (QED) is 0.405. The Labute approximate surface area is 176 Å². The second kappa shape index (κ2) is 10.4. The zero-order chi connectivity index (χ0) is 20.7. The van der Waals surface area contributed by atoms with Crippen molar-refractivity contribution in [2.75, 3.05) is 14.2 Å². The zero-order valence-corrected chi connectivity index (χ0v) is 17.4. The first-order valence-corrected chi connectivity index (χ1v) is 8.70. The number of esters is 2. The summed E-state index contributed by atoms with van der Waals surface area (Å²) in [6.45, 7) is 0. The molecule has 0 atom stereocenters. The highest BCUT2D eigenvalue weighted by molar-refractivity contribution is 14.1. The van der Waals surface area contributed by atoms with Crippen LogP contribution in [0.4, 0.5) is 8.78 Å². The van der Waals surface area contributed by atoms with Gasteiger partial charge in [0.25, 0.3) is 0 Å². The smallest absolute Gasteiger partial charge is 0.342 e. The van der Waals surface area contributed by atoms with Gasteiger partial charge in [-0.05, 0) is 46.9 Å². The predicted molar refractivity (Wildman–Crippen MR) is 103 cm³/mol. The minimum Gasteiger partial charge on any atom is -0.465 e. The standard InChI is InChI=1S/C9H5ClFNO2.C8H5ClFIO2/c1-14-9(13)8-5(4-12)2-6(10)3-7(8)11;1-13-8(12)7-5(10)2-4(9)3-6(7)11/h2-3H,1H3;2-3H,1H3. The number of ether oxygens (including phenoxy) is 2. The minimum atomic E-state index is -0.893. The molecule has 0 aliphatic rings. The van der Waals surface area contributed by atoms with E-state index in [1.54, 1.807) is 6.07 Å². The van der Waals surface area contributed by atoms with Crippen molar-refractivity contribution in [3.63, 3.8) is 0 Å². The van der Waals surface area contributed by atoms with Crippen molar-refractivity contribution in [3.8, 4) is 6.07 Å². The number of methoxy groups -OCH3 is 2. The maximum Gasteiger partial charge on any atom is 0.342 e. The Morgan fingerprint density at radius 1 is 0.963 bits per heavy atom. The van der Waals surface area contributed by atoms with Crippen LogP contribution in [0.5, 0.6) is 0 Å². The summed E-state index contributed by atoms with van der Waals surface area (Å²) < 4.78 is 35.5. The van der Waals surface area contributed by atoms with Crippen molar-refractivity contribution < 1.29 is 27.8 Å². The molecular formula is C17H10Cl2F2INO4. The Morgan fingerprint density at radius 2 is 1.41 bits per heavy atom. The molecule has 0 saturated heterocycles. The molecule has 0 aliphatic heterocycles. The van der Waals surface area contributed by atoms with Crippen LogP contribution in [0.2, 0.25) is 10.0 Å². The van der Waals surface area contributed by atoms with E-state index in [-0.39, 0.29) is 26.7 Å². The van der Waals surface area contributed by atoms with E-state index < -0.39 is 23.6 Å². The summed E-state index contributed by atoms with van der Waals surface area (Å²) in [7, 11) is 2.31. The molecule has 0 N–H and O–H groups in total. The Balaban J connectivity index is 0.000000271.